The van der Waals surface area contributed by atoms with Crippen molar-refractivity contribution in [3.8, 4) is 0 Å². The standard InChI is InChI=1S/C12H11N3O2S/c1-7(14-15-12(13)18)9-6-8-4-2-3-5-10(8)17-11(9)16/h2-6H,1H3,(H3,13,15,18). The van der Waals surface area contributed by atoms with Crippen molar-refractivity contribution in [2.45, 2.75) is 6.92 Å². The smallest absolute Gasteiger partial charge is 0.345 e. The van der Waals surface area contributed by atoms with E-state index in [0.717, 1.165) is 5.39 Å². The van der Waals surface area contributed by atoms with Gasteiger partial charge < -0.3 is 10.2 Å². The van der Waals surface area contributed by atoms with E-state index in [-0.39, 0.29) is 5.11 Å². The van der Waals surface area contributed by atoms with Gasteiger partial charge in [0.05, 0.1) is 11.3 Å². The summed E-state index contributed by atoms with van der Waals surface area (Å²) in [5.74, 6) is 0. The van der Waals surface area contributed by atoms with Gasteiger partial charge in [-0.2, -0.15) is 5.10 Å². The largest absolute Gasteiger partial charge is 0.422 e. The molecule has 0 fully saturated rings. The van der Waals surface area contributed by atoms with Crippen LogP contribution in [0.3, 0.4) is 0 Å². The normalized spacial score (nSPS) is 11.5. The van der Waals surface area contributed by atoms with Crippen molar-refractivity contribution in [3.05, 3.63) is 46.3 Å². The van der Waals surface area contributed by atoms with E-state index in [0.29, 0.717) is 16.9 Å². The van der Waals surface area contributed by atoms with Crippen molar-refractivity contribution < 1.29 is 4.42 Å². The van der Waals surface area contributed by atoms with E-state index >= 15 is 0 Å². The molecule has 18 heavy (non-hydrogen) atoms. The number of nitrogens with zero attached hydrogens (tertiary/aromatic N) is 1. The van der Waals surface area contributed by atoms with Gasteiger partial charge in [0.1, 0.15) is 5.58 Å². The van der Waals surface area contributed by atoms with Gasteiger partial charge in [-0.25, -0.2) is 4.79 Å². The van der Waals surface area contributed by atoms with Crippen molar-refractivity contribution >= 4 is 34.0 Å². The molecular formula is C12H11N3O2S. The Labute approximate surface area is 108 Å². The molecule has 0 radical (unpaired) electrons. The van der Waals surface area contributed by atoms with Crippen LogP contribution in [0.15, 0.2) is 44.6 Å². The fraction of sp³-hybridized carbons (Fsp3) is 0.0833. The number of benzene rings is 1. The molecule has 0 aliphatic rings. The molecule has 0 aliphatic heterocycles. The Morgan fingerprint density at radius 2 is 2.17 bits per heavy atom. The predicted octanol–water partition coefficient (Wildman–Crippen LogP) is 1.35. The molecule has 5 nitrogen and oxygen atoms in total. The minimum Gasteiger partial charge on any atom is -0.422 e. The number of nitrogens with one attached hydrogen (secondary N) is 1. The van der Waals surface area contributed by atoms with Gasteiger partial charge in [0.2, 0.25) is 0 Å². The SMILES string of the molecule is CC(=NNC(N)=S)c1cc2ccccc2oc1=O. The van der Waals surface area contributed by atoms with E-state index in [4.69, 9.17) is 10.2 Å². The van der Waals surface area contributed by atoms with Crippen LogP contribution >= 0.6 is 12.2 Å². The zero-order valence-electron chi connectivity index (χ0n) is 9.64. The summed E-state index contributed by atoms with van der Waals surface area (Å²) < 4.78 is 5.19. The Kier molecular flexibility index (Phi) is 3.38. The van der Waals surface area contributed by atoms with Gasteiger partial charge in [0, 0.05) is 5.39 Å². The Morgan fingerprint density at radius 3 is 2.89 bits per heavy atom. The van der Waals surface area contributed by atoms with Crippen LogP contribution in [0.2, 0.25) is 0 Å². The summed E-state index contributed by atoms with van der Waals surface area (Å²) in [5, 5.41) is 4.77. The summed E-state index contributed by atoms with van der Waals surface area (Å²) in [4.78, 5) is 11.8. The lowest BCUT2D eigenvalue weighted by atomic mass is 10.1. The summed E-state index contributed by atoms with van der Waals surface area (Å²) in [6.45, 7) is 1.67. The maximum atomic E-state index is 11.8. The summed E-state index contributed by atoms with van der Waals surface area (Å²) in [6.07, 6.45) is 0. The minimum absolute atomic E-state index is 0.0412. The Bertz CT molecular complexity index is 691. The number of hydrogen-bond acceptors (Lipinski definition) is 4. The van der Waals surface area contributed by atoms with Crippen LogP contribution in [-0.2, 0) is 0 Å². The molecule has 1 heterocycles. The first-order valence-electron chi connectivity index (χ1n) is 5.21. The van der Waals surface area contributed by atoms with E-state index < -0.39 is 5.63 Å². The van der Waals surface area contributed by atoms with Gasteiger partial charge in [0.15, 0.2) is 5.11 Å². The van der Waals surface area contributed by atoms with Crippen LogP contribution in [0.25, 0.3) is 11.0 Å². The van der Waals surface area contributed by atoms with Gasteiger partial charge in [-0.3, -0.25) is 5.43 Å². The van der Waals surface area contributed by atoms with Gasteiger partial charge in [-0.05, 0) is 31.3 Å². The average Bonchev–Trinajstić information content (AvgIpc) is 2.35. The van der Waals surface area contributed by atoms with E-state index in [9.17, 15) is 4.79 Å². The highest BCUT2D eigenvalue weighted by Gasteiger charge is 2.07. The molecule has 6 heteroatoms. The summed E-state index contributed by atoms with van der Waals surface area (Å²) in [6, 6.07) is 8.99. The Balaban J connectivity index is 2.51. The second kappa shape index (κ2) is 4.97. The third-order valence-corrected chi connectivity index (χ3v) is 2.46. The summed E-state index contributed by atoms with van der Waals surface area (Å²) >= 11 is 4.63. The molecule has 2 rings (SSSR count). The second-order valence-corrected chi connectivity index (χ2v) is 4.10. The molecule has 0 unspecified atom stereocenters. The van der Waals surface area contributed by atoms with Gasteiger partial charge in [0.25, 0.3) is 0 Å². The number of fused-ring (bicyclic) bond motifs is 1. The number of hydrogen-bond donors (Lipinski definition) is 2. The lowest BCUT2D eigenvalue weighted by Gasteiger charge is -2.02. The molecule has 0 saturated carbocycles. The average molecular weight is 261 g/mol. The second-order valence-electron chi connectivity index (χ2n) is 3.66. The number of para-hydroxylation sites is 1. The summed E-state index contributed by atoms with van der Waals surface area (Å²) in [5.41, 5.74) is 8.63. The van der Waals surface area contributed by atoms with E-state index in [2.05, 4.69) is 22.7 Å². The van der Waals surface area contributed by atoms with Crippen molar-refractivity contribution in [1.82, 2.24) is 5.43 Å². The zero-order valence-corrected chi connectivity index (χ0v) is 10.5. The van der Waals surface area contributed by atoms with Crippen LogP contribution in [0.5, 0.6) is 0 Å². The van der Waals surface area contributed by atoms with Gasteiger partial charge >= 0.3 is 5.63 Å². The molecule has 2 aromatic rings. The van der Waals surface area contributed by atoms with Crippen molar-refractivity contribution in [1.29, 1.82) is 0 Å². The molecule has 3 N–H and O–H groups in total. The molecule has 0 atom stereocenters. The van der Waals surface area contributed by atoms with Gasteiger partial charge in [-0.1, -0.05) is 18.2 Å². The number of rotatable bonds is 2. The highest BCUT2D eigenvalue weighted by molar-refractivity contribution is 7.80. The number of thiocarbonyl (C=S) groups is 1. The monoisotopic (exact) mass is 261 g/mol. The molecule has 0 spiro atoms. The lowest BCUT2D eigenvalue weighted by Crippen LogP contribution is -2.26. The molecule has 92 valence electrons. The molecule has 1 aromatic carbocycles. The molecule has 0 aliphatic carbocycles. The van der Waals surface area contributed by atoms with E-state index in [1.807, 2.05) is 12.1 Å². The van der Waals surface area contributed by atoms with Crippen LogP contribution < -0.4 is 16.8 Å². The van der Waals surface area contributed by atoms with E-state index in [1.165, 1.54) is 0 Å². The topological polar surface area (TPSA) is 80.6 Å². The minimum atomic E-state index is -0.445. The first kappa shape index (κ1) is 12.3. The Hall–Kier alpha value is -2.21. The molecule has 0 saturated heterocycles. The van der Waals surface area contributed by atoms with E-state index in [1.54, 1.807) is 25.1 Å². The maximum Gasteiger partial charge on any atom is 0.345 e. The van der Waals surface area contributed by atoms with Crippen molar-refractivity contribution in [2.75, 3.05) is 0 Å². The highest BCUT2D eigenvalue weighted by Crippen LogP contribution is 2.12. The first-order chi connectivity index (χ1) is 8.58. The molecule has 0 amide bonds. The quantitative estimate of drug-likeness (QED) is 0.369. The zero-order chi connectivity index (χ0) is 13.1. The fourth-order valence-electron chi connectivity index (χ4n) is 1.51. The van der Waals surface area contributed by atoms with Crippen molar-refractivity contribution in [3.63, 3.8) is 0 Å². The van der Waals surface area contributed by atoms with Crippen LogP contribution in [0.1, 0.15) is 12.5 Å². The van der Waals surface area contributed by atoms with Gasteiger partial charge in [-0.15, -0.1) is 0 Å². The number of hydrazone groups is 1. The highest BCUT2D eigenvalue weighted by atomic mass is 32.1. The third-order valence-electron chi connectivity index (χ3n) is 2.37. The van der Waals surface area contributed by atoms with Crippen LogP contribution in [0.4, 0.5) is 0 Å². The molecule has 1 aromatic heterocycles. The lowest BCUT2D eigenvalue weighted by molar-refractivity contribution is 0.559. The predicted molar refractivity (Wildman–Crippen MR) is 74.6 cm³/mol. The first-order valence-corrected chi connectivity index (χ1v) is 5.62. The van der Waals surface area contributed by atoms with Crippen LogP contribution in [-0.4, -0.2) is 10.8 Å². The van der Waals surface area contributed by atoms with Crippen LogP contribution in [0, 0.1) is 0 Å². The Morgan fingerprint density at radius 1 is 1.44 bits per heavy atom. The molecule has 0 bridgehead atoms. The summed E-state index contributed by atoms with van der Waals surface area (Å²) in [7, 11) is 0. The number of nitrogens with two attached hydrogens (primary N) is 1. The maximum absolute atomic E-state index is 11.8. The fourth-order valence-corrected chi connectivity index (χ4v) is 1.56. The molecular weight excluding hydrogens is 250 g/mol. The van der Waals surface area contributed by atoms with Crippen molar-refractivity contribution in [2.24, 2.45) is 10.8 Å². The third kappa shape index (κ3) is 2.54.